The number of fused-ring (bicyclic) bond motifs is 1. The van der Waals surface area contributed by atoms with E-state index in [0.29, 0.717) is 6.79 Å². The van der Waals surface area contributed by atoms with Gasteiger partial charge in [-0.05, 0) is 37.1 Å². The van der Waals surface area contributed by atoms with E-state index in [1.807, 2.05) is 6.07 Å². The van der Waals surface area contributed by atoms with Gasteiger partial charge < -0.3 is 14.8 Å². The van der Waals surface area contributed by atoms with Crippen LogP contribution in [0.3, 0.4) is 0 Å². The highest BCUT2D eigenvalue weighted by atomic mass is 16.7. The molecule has 0 spiro atoms. The average molecular weight is 324 g/mol. The Kier molecular flexibility index (Phi) is 4.17. The highest BCUT2D eigenvalue weighted by molar-refractivity contribution is 5.47. The fourth-order valence-corrected chi connectivity index (χ4v) is 3.81. The third kappa shape index (κ3) is 2.99. The summed E-state index contributed by atoms with van der Waals surface area (Å²) >= 11 is 0. The van der Waals surface area contributed by atoms with Crippen LogP contribution >= 0.6 is 0 Å². The third-order valence-electron chi connectivity index (χ3n) is 4.79. The lowest BCUT2D eigenvalue weighted by Crippen LogP contribution is -2.45. The molecule has 2 aliphatic rings. The van der Waals surface area contributed by atoms with E-state index in [1.54, 1.807) is 0 Å². The van der Waals surface area contributed by atoms with Crippen LogP contribution in [0.2, 0.25) is 0 Å². The molecule has 2 heterocycles. The average Bonchev–Trinajstić information content (AvgIpc) is 3.03. The SMILES string of the molecule is Cc1cc(C)cc(C(c2ccc3c(c2)OCO3)N2CCNCC2)c1. The summed E-state index contributed by atoms with van der Waals surface area (Å²) in [7, 11) is 0. The molecular formula is C20H24N2O2. The zero-order valence-corrected chi connectivity index (χ0v) is 14.3. The minimum absolute atomic E-state index is 0.250. The number of piperazine rings is 1. The summed E-state index contributed by atoms with van der Waals surface area (Å²) in [5.41, 5.74) is 5.25. The Morgan fingerprint density at radius 3 is 2.33 bits per heavy atom. The van der Waals surface area contributed by atoms with Gasteiger partial charge in [0.2, 0.25) is 6.79 Å². The second-order valence-electron chi connectivity index (χ2n) is 6.72. The Balaban J connectivity index is 1.77. The molecule has 1 saturated heterocycles. The van der Waals surface area contributed by atoms with E-state index in [1.165, 1.54) is 22.3 Å². The van der Waals surface area contributed by atoms with Crippen molar-refractivity contribution in [2.24, 2.45) is 0 Å². The third-order valence-corrected chi connectivity index (χ3v) is 4.79. The highest BCUT2D eigenvalue weighted by Gasteiger charge is 2.26. The molecule has 4 heteroatoms. The molecule has 24 heavy (non-hydrogen) atoms. The summed E-state index contributed by atoms with van der Waals surface area (Å²) in [5, 5.41) is 3.45. The smallest absolute Gasteiger partial charge is 0.231 e. The zero-order valence-electron chi connectivity index (χ0n) is 14.3. The van der Waals surface area contributed by atoms with Crippen molar-refractivity contribution in [2.75, 3.05) is 33.0 Å². The number of nitrogens with zero attached hydrogens (tertiary/aromatic N) is 1. The lowest BCUT2D eigenvalue weighted by atomic mass is 9.93. The maximum absolute atomic E-state index is 5.61. The predicted octanol–water partition coefficient (Wildman–Crippen LogP) is 3.03. The first-order chi connectivity index (χ1) is 11.7. The second kappa shape index (κ2) is 6.46. The van der Waals surface area contributed by atoms with E-state index in [0.717, 1.165) is 37.7 Å². The van der Waals surface area contributed by atoms with Crippen LogP contribution in [0.4, 0.5) is 0 Å². The van der Waals surface area contributed by atoms with Crippen molar-refractivity contribution < 1.29 is 9.47 Å². The standard InChI is InChI=1S/C20H24N2O2/c1-14-9-15(2)11-17(10-14)20(22-7-5-21-6-8-22)16-3-4-18-19(12-16)24-13-23-18/h3-4,9-12,20-21H,5-8,13H2,1-2H3. The molecule has 1 unspecified atom stereocenters. The Morgan fingerprint density at radius 1 is 0.875 bits per heavy atom. The molecule has 2 aromatic rings. The summed E-state index contributed by atoms with van der Waals surface area (Å²) in [6.07, 6.45) is 0. The summed E-state index contributed by atoms with van der Waals surface area (Å²) in [4.78, 5) is 2.56. The van der Waals surface area contributed by atoms with Crippen molar-refractivity contribution in [3.8, 4) is 11.5 Å². The van der Waals surface area contributed by atoms with Gasteiger partial charge in [-0.3, -0.25) is 4.90 Å². The molecule has 0 amide bonds. The van der Waals surface area contributed by atoms with E-state index in [4.69, 9.17) is 9.47 Å². The topological polar surface area (TPSA) is 33.7 Å². The molecule has 0 saturated carbocycles. The Morgan fingerprint density at radius 2 is 1.58 bits per heavy atom. The predicted molar refractivity (Wildman–Crippen MR) is 94.8 cm³/mol. The van der Waals surface area contributed by atoms with Crippen molar-refractivity contribution in [2.45, 2.75) is 19.9 Å². The van der Waals surface area contributed by atoms with Crippen LogP contribution in [0.25, 0.3) is 0 Å². The van der Waals surface area contributed by atoms with E-state index in [9.17, 15) is 0 Å². The van der Waals surface area contributed by atoms with Crippen LogP contribution in [0.1, 0.15) is 28.3 Å². The fraction of sp³-hybridized carbons (Fsp3) is 0.400. The van der Waals surface area contributed by atoms with Crippen LogP contribution < -0.4 is 14.8 Å². The van der Waals surface area contributed by atoms with Gasteiger partial charge in [-0.25, -0.2) is 0 Å². The number of aryl methyl sites for hydroxylation is 2. The molecule has 1 fully saturated rings. The molecule has 2 aliphatic heterocycles. The van der Waals surface area contributed by atoms with Gasteiger partial charge in [0.15, 0.2) is 11.5 Å². The largest absolute Gasteiger partial charge is 0.454 e. The van der Waals surface area contributed by atoms with Gasteiger partial charge in [0, 0.05) is 26.2 Å². The number of nitrogens with one attached hydrogen (secondary N) is 1. The number of hydrogen-bond donors (Lipinski definition) is 1. The zero-order chi connectivity index (χ0) is 16.5. The summed E-state index contributed by atoms with van der Waals surface area (Å²) in [5.74, 6) is 1.70. The summed E-state index contributed by atoms with van der Waals surface area (Å²) < 4.78 is 11.1. The first kappa shape index (κ1) is 15.5. The van der Waals surface area contributed by atoms with Gasteiger partial charge in [-0.2, -0.15) is 0 Å². The Hall–Kier alpha value is -2.04. The monoisotopic (exact) mass is 324 g/mol. The molecule has 4 nitrogen and oxygen atoms in total. The van der Waals surface area contributed by atoms with Crippen LogP contribution in [0.5, 0.6) is 11.5 Å². The van der Waals surface area contributed by atoms with Crippen LogP contribution in [-0.4, -0.2) is 37.9 Å². The van der Waals surface area contributed by atoms with Crippen molar-refractivity contribution in [3.63, 3.8) is 0 Å². The van der Waals surface area contributed by atoms with Crippen LogP contribution in [-0.2, 0) is 0 Å². The van der Waals surface area contributed by atoms with Crippen molar-refractivity contribution >= 4 is 0 Å². The van der Waals surface area contributed by atoms with Crippen molar-refractivity contribution in [3.05, 3.63) is 58.7 Å². The molecule has 1 atom stereocenters. The molecule has 1 N–H and O–H groups in total. The maximum Gasteiger partial charge on any atom is 0.231 e. The Labute approximate surface area is 143 Å². The van der Waals surface area contributed by atoms with Gasteiger partial charge in [0.25, 0.3) is 0 Å². The van der Waals surface area contributed by atoms with Gasteiger partial charge in [0.1, 0.15) is 0 Å². The number of rotatable bonds is 3. The van der Waals surface area contributed by atoms with Gasteiger partial charge >= 0.3 is 0 Å². The highest BCUT2D eigenvalue weighted by Crippen LogP contribution is 2.38. The normalized spacial score (nSPS) is 18.6. The van der Waals surface area contributed by atoms with Crippen LogP contribution in [0, 0.1) is 13.8 Å². The second-order valence-corrected chi connectivity index (χ2v) is 6.72. The van der Waals surface area contributed by atoms with Crippen molar-refractivity contribution in [1.29, 1.82) is 0 Å². The molecule has 2 aromatic carbocycles. The molecule has 0 aromatic heterocycles. The van der Waals surface area contributed by atoms with Gasteiger partial charge in [-0.15, -0.1) is 0 Å². The first-order valence-corrected chi connectivity index (χ1v) is 8.63. The lowest BCUT2D eigenvalue weighted by Gasteiger charge is -2.36. The van der Waals surface area contributed by atoms with Crippen molar-refractivity contribution in [1.82, 2.24) is 10.2 Å². The molecule has 0 aliphatic carbocycles. The molecule has 4 rings (SSSR count). The van der Waals surface area contributed by atoms with E-state index in [2.05, 4.69) is 54.4 Å². The number of benzene rings is 2. The molecular weight excluding hydrogens is 300 g/mol. The maximum atomic E-state index is 5.61. The fourth-order valence-electron chi connectivity index (χ4n) is 3.81. The van der Waals surface area contributed by atoms with E-state index >= 15 is 0 Å². The minimum Gasteiger partial charge on any atom is -0.454 e. The molecule has 126 valence electrons. The van der Waals surface area contributed by atoms with Gasteiger partial charge in [0.05, 0.1) is 6.04 Å². The van der Waals surface area contributed by atoms with E-state index < -0.39 is 0 Å². The quantitative estimate of drug-likeness (QED) is 0.941. The summed E-state index contributed by atoms with van der Waals surface area (Å²) in [6, 6.07) is 13.5. The molecule has 0 radical (unpaired) electrons. The van der Waals surface area contributed by atoms with Crippen LogP contribution in [0.15, 0.2) is 36.4 Å². The molecule has 0 bridgehead atoms. The minimum atomic E-state index is 0.250. The number of ether oxygens (including phenoxy) is 2. The Bertz CT molecular complexity index is 718. The number of hydrogen-bond acceptors (Lipinski definition) is 4. The van der Waals surface area contributed by atoms with Gasteiger partial charge in [-0.1, -0.05) is 35.4 Å². The first-order valence-electron chi connectivity index (χ1n) is 8.63. The van der Waals surface area contributed by atoms with E-state index in [-0.39, 0.29) is 6.04 Å². The summed E-state index contributed by atoms with van der Waals surface area (Å²) in [6.45, 7) is 8.83. The lowest BCUT2D eigenvalue weighted by molar-refractivity contribution is 0.173.